The third-order valence-corrected chi connectivity index (χ3v) is 2.91. The van der Waals surface area contributed by atoms with Crippen molar-refractivity contribution in [3.8, 4) is 12.3 Å². The van der Waals surface area contributed by atoms with Crippen LogP contribution in [0.3, 0.4) is 0 Å². The molecule has 3 heteroatoms. The van der Waals surface area contributed by atoms with Crippen LogP contribution >= 0.6 is 0 Å². The summed E-state index contributed by atoms with van der Waals surface area (Å²) in [5, 5.41) is 0. The molecule has 2 N–H and O–H groups in total. The molecular formula is C12H20N2O. The standard InChI is InChI=1S/C12H20N2O/c1-3-7-14(8-4-2)12(15)10-5-6-11(13)9-10/h1,10-11H,4-9,13H2,2H3. The summed E-state index contributed by atoms with van der Waals surface area (Å²) in [5.74, 6) is 2.85. The smallest absolute Gasteiger partial charge is 0.226 e. The van der Waals surface area contributed by atoms with Gasteiger partial charge in [0.1, 0.15) is 0 Å². The van der Waals surface area contributed by atoms with E-state index < -0.39 is 0 Å². The van der Waals surface area contributed by atoms with Crippen LogP contribution in [0.15, 0.2) is 0 Å². The maximum Gasteiger partial charge on any atom is 0.226 e. The molecule has 1 amide bonds. The number of terminal acetylenes is 1. The Morgan fingerprint density at radius 2 is 2.33 bits per heavy atom. The van der Waals surface area contributed by atoms with E-state index in [1.807, 2.05) is 0 Å². The van der Waals surface area contributed by atoms with Crippen LogP contribution < -0.4 is 5.73 Å². The van der Waals surface area contributed by atoms with Crippen molar-refractivity contribution >= 4 is 5.91 Å². The fourth-order valence-corrected chi connectivity index (χ4v) is 2.15. The van der Waals surface area contributed by atoms with Crippen LogP contribution in [0, 0.1) is 18.3 Å². The summed E-state index contributed by atoms with van der Waals surface area (Å²) < 4.78 is 0. The first-order valence-electron chi connectivity index (χ1n) is 5.66. The zero-order valence-electron chi connectivity index (χ0n) is 9.41. The quantitative estimate of drug-likeness (QED) is 0.700. The lowest BCUT2D eigenvalue weighted by atomic mass is 10.1. The lowest BCUT2D eigenvalue weighted by Gasteiger charge is -2.23. The predicted octanol–water partition coefficient (Wildman–Crippen LogP) is 0.986. The zero-order valence-corrected chi connectivity index (χ0v) is 9.41. The Morgan fingerprint density at radius 3 is 2.80 bits per heavy atom. The Balaban J connectivity index is 2.52. The fraction of sp³-hybridized carbons (Fsp3) is 0.750. The minimum Gasteiger partial charge on any atom is -0.331 e. The molecule has 2 unspecified atom stereocenters. The number of rotatable bonds is 4. The number of amides is 1. The number of nitrogens with zero attached hydrogens (tertiary/aromatic N) is 1. The lowest BCUT2D eigenvalue weighted by molar-refractivity contribution is -0.134. The van der Waals surface area contributed by atoms with Crippen LogP contribution in [0.2, 0.25) is 0 Å². The zero-order chi connectivity index (χ0) is 11.3. The van der Waals surface area contributed by atoms with Gasteiger partial charge in [-0.25, -0.2) is 0 Å². The van der Waals surface area contributed by atoms with Crippen molar-refractivity contribution in [1.29, 1.82) is 0 Å². The van der Waals surface area contributed by atoms with Crippen LogP contribution in [-0.2, 0) is 4.79 Å². The van der Waals surface area contributed by atoms with Crippen molar-refractivity contribution in [3.63, 3.8) is 0 Å². The van der Waals surface area contributed by atoms with E-state index in [-0.39, 0.29) is 17.9 Å². The van der Waals surface area contributed by atoms with Gasteiger partial charge >= 0.3 is 0 Å². The average Bonchev–Trinajstić information content (AvgIpc) is 2.63. The maximum atomic E-state index is 12.0. The fourth-order valence-electron chi connectivity index (χ4n) is 2.15. The largest absolute Gasteiger partial charge is 0.331 e. The van der Waals surface area contributed by atoms with Gasteiger partial charge in [0.2, 0.25) is 5.91 Å². The molecule has 2 atom stereocenters. The van der Waals surface area contributed by atoms with Crippen molar-refractivity contribution in [2.75, 3.05) is 13.1 Å². The van der Waals surface area contributed by atoms with Gasteiger partial charge in [-0.2, -0.15) is 0 Å². The maximum absolute atomic E-state index is 12.0. The first-order valence-corrected chi connectivity index (χ1v) is 5.66. The molecule has 0 heterocycles. The van der Waals surface area contributed by atoms with Crippen LogP contribution in [0.4, 0.5) is 0 Å². The van der Waals surface area contributed by atoms with E-state index in [1.165, 1.54) is 0 Å². The molecule has 0 bridgehead atoms. The number of hydrogen-bond acceptors (Lipinski definition) is 2. The highest BCUT2D eigenvalue weighted by Gasteiger charge is 2.30. The Labute approximate surface area is 92.0 Å². The van der Waals surface area contributed by atoms with Gasteiger partial charge in [-0.15, -0.1) is 6.42 Å². The minimum absolute atomic E-state index is 0.111. The summed E-state index contributed by atoms with van der Waals surface area (Å²) >= 11 is 0. The Hall–Kier alpha value is -1.01. The summed E-state index contributed by atoms with van der Waals surface area (Å²) in [6.07, 6.45) is 8.91. The number of hydrogen-bond donors (Lipinski definition) is 1. The van der Waals surface area contributed by atoms with Crippen molar-refractivity contribution in [1.82, 2.24) is 4.90 Å². The molecule has 0 radical (unpaired) electrons. The van der Waals surface area contributed by atoms with Gasteiger partial charge in [0.15, 0.2) is 0 Å². The van der Waals surface area contributed by atoms with Crippen LogP contribution in [0.25, 0.3) is 0 Å². The monoisotopic (exact) mass is 208 g/mol. The summed E-state index contributed by atoms with van der Waals surface area (Å²) in [5.41, 5.74) is 5.80. The molecule has 0 aromatic heterocycles. The minimum atomic E-state index is 0.111. The van der Waals surface area contributed by atoms with E-state index in [4.69, 9.17) is 12.2 Å². The average molecular weight is 208 g/mol. The van der Waals surface area contributed by atoms with E-state index in [9.17, 15) is 4.79 Å². The first-order chi connectivity index (χ1) is 7.19. The first kappa shape index (κ1) is 12.1. The molecule has 0 saturated heterocycles. The Morgan fingerprint density at radius 1 is 1.60 bits per heavy atom. The van der Waals surface area contributed by atoms with Crippen molar-refractivity contribution in [2.24, 2.45) is 11.7 Å². The van der Waals surface area contributed by atoms with Gasteiger partial charge in [-0.3, -0.25) is 4.79 Å². The second kappa shape index (κ2) is 5.77. The normalized spacial score (nSPS) is 24.9. The highest BCUT2D eigenvalue weighted by Crippen LogP contribution is 2.25. The van der Waals surface area contributed by atoms with Crippen LogP contribution in [0.5, 0.6) is 0 Å². The molecule has 15 heavy (non-hydrogen) atoms. The van der Waals surface area contributed by atoms with Crippen molar-refractivity contribution in [2.45, 2.75) is 38.6 Å². The molecule has 1 saturated carbocycles. The van der Waals surface area contributed by atoms with Crippen molar-refractivity contribution < 1.29 is 4.79 Å². The molecule has 1 aliphatic carbocycles. The molecule has 1 rings (SSSR count). The Kier molecular flexibility index (Phi) is 4.64. The molecule has 0 aliphatic heterocycles. The third-order valence-electron chi connectivity index (χ3n) is 2.91. The molecule has 1 aliphatic rings. The van der Waals surface area contributed by atoms with E-state index >= 15 is 0 Å². The van der Waals surface area contributed by atoms with Gasteiger partial charge in [0.05, 0.1) is 6.54 Å². The van der Waals surface area contributed by atoms with Crippen LogP contribution in [-0.4, -0.2) is 29.9 Å². The predicted molar refractivity (Wildman–Crippen MR) is 61.0 cm³/mol. The van der Waals surface area contributed by atoms with Gasteiger partial charge in [-0.1, -0.05) is 12.8 Å². The van der Waals surface area contributed by atoms with Crippen LogP contribution in [0.1, 0.15) is 32.6 Å². The molecule has 0 aromatic carbocycles. The van der Waals surface area contributed by atoms with E-state index in [1.54, 1.807) is 4.90 Å². The summed E-state index contributed by atoms with van der Waals surface area (Å²) in [6, 6.07) is 0.202. The molecule has 1 fully saturated rings. The van der Waals surface area contributed by atoms with Gasteiger partial charge in [-0.05, 0) is 25.7 Å². The summed E-state index contributed by atoms with van der Waals surface area (Å²) in [4.78, 5) is 13.8. The third kappa shape index (κ3) is 3.24. The van der Waals surface area contributed by atoms with E-state index in [0.717, 1.165) is 32.2 Å². The number of carbonyl (C=O) groups is 1. The van der Waals surface area contributed by atoms with Crippen molar-refractivity contribution in [3.05, 3.63) is 0 Å². The molecule has 84 valence electrons. The molecule has 3 nitrogen and oxygen atoms in total. The number of nitrogens with two attached hydrogens (primary N) is 1. The SMILES string of the molecule is C#CCN(CCC)C(=O)C1CCC(N)C1. The topological polar surface area (TPSA) is 46.3 Å². The Bertz CT molecular complexity index is 257. The van der Waals surface area contributed by atoms with E-state index in [2.05, 4.69) is 12.8 Å². The molecule has 0 aromatic rings. The summed E-state index contributed by atoms with van der Waals surface area (Å²) in [7, 11) is 0. The van der Waals surface area contributed by atoms with E-state index in [0.29, 0.717) is 6.54 Å². The molecular weight excluding hydrogens is 188 g/mol. The second-order valence-electron chi connectivity index (χ2n) is 4.23. The second-order valence-corrected chi connectivity index (χ2v) is 4.23. The highest BCUT2D eigenvalue weighted by molar-refractivity contribution is 5.79. The number of carbonyl (C=O) groups excluding carboxylic acids is 1. The van der Waals surface area contributed by atoms with Gasteiger partial charge < -0.3 is 10.6 Å². The van der Waals surface area contributed by atoms with Gasteiger partial charge in [0, 0.05) is 18.5 Å². The van der Waals surface area contributed by atoms with Gasteiger partial charge in [0.25, 0.3) is 0 Å². The summed E-state index contributed by atoms with van der Waals surface area (Å²) in [6.45, 7) is 3.24. The highest BCUT2D eigenvalue weighted by atomic mass is 16.2. The lowest BCUT2D eigenvalue weighted by Crippen LogP contribution is -2.36. The molecule has 0 spiro atoms.